The van der Waals surface area contributed by atoms with Crippen molar-refractivity contribution in [3.63, 3.8) is 0 Å². The number of carbonyl (C=O) groups is 2. The number of rotatable bonds is 5. The van der Waals surface area contributed by atoms with Crippen LogP contribution in [0.1, 0.15) is 21.5 Å². The lowest BCUT2D eigenvalue weighted by molar-refractivity contribution is -0.385. The van der Waals surface area contributed by atoms with Gasteiger partial charge in [-0.05, 0) is 30.3 Å². The maximum Gasteiger partial charge on any atom is 0.308 e. The van der Waals surface area contributed by atoms with Crippen molar-refractivity contribution < 1.29 is 19.6 Å². The molecule has 0 saturated heterocycles. The van der Waals surface area contributed by atoms with Gasteiger partial charge in [-0.3, -0.25) is 19.7 Å². The number of carboxylic acids is 1. The van der Waals surface area contributed by atoms with Crippen LogP contribution in [0.2, 0.25) is 0 Å². The summed E-state index contributed by atoms with van der Waals surface area (Å²) in [6, 6.07) is 10.5. The number of ketones is 1. The second-order valence-electron chi connectivity index (χ2n) is 4.48. The molecule has 2 aromatic carbocycles. The summed E-state index contributed by atoms with van der Waals surface area (Å²) < 4.78 is 0.776. The molecule has 0 aromatic heterocycles. The molecule has 0 saturated carbocycles. The summed E-state index contributed by atoms with van der Waals surface area (Å²) in [6.45, 7) is 0. The standard InChI is InChI=1S/C15H10BrNO5/c16-11-6-4-9(5-7-11)15(20)12-3-1-2-10(8-13(18)19)14(12)17(21)22/h1-7H,8H2,(H,18,19). The van der Waals surface area contributed by atoms with Crippen LogP contribution in [-0.4, -0.2) is 21.8 Å². The molecule has 0 aliphatic carbocycles. The number of benzene rings is 2. The number of hydrogen-bond donors (Lipinski definition) is 1. The normalized spacial score (nSPS) is 10.2. The molecule has 0 amide bonds. The van der Waals surface area contributed by atoms with Crippen LogP contribution in [0, 0.1) is 10.1 Å². The SMILES string of the molecule is O=C(O)Cc1cccc(C(=O)c2ccc(Br)cc2)c1[N+](=O)[O-]. The van der Waals surface area contributed by atoms with Gasteiger partial charge in [0.15, 0.2) is 5.78 Å². The highest BCUT2D eigenvalue weighted by Gasteiger charge is 2.26. The minimum Gasteiger partial charge on any atom is -0.481 e. The predicted octanol–water partition coefficient (Wildman–Crippen LogP) is 3.22. The largest absolute Gasteiger partial charge is 0.481 e. The van der Waals surface area contributed by atoms with Crippen LogP contribution < -0.4 is 0 Å². The van der Waals surface area contributed by atoms with Crippen LogP contribution in [-0.2, 0) is 11.2 Å². The van der Waals surface area contributed by atoms with E-state index in [2.05, 4.69) is 15.9 Å². The maximum absolute atomic E-state index is 12.5. The molecular weight excluding hydrogens is 354 g/mol. The fourth-order valence-electron chi connectivity index (χ4n) is 2.05. The van der Waals surface area contributed by atoms with E-state index in [4.69, 9.17) is 5.11 Å². The molecular formula is C15H10BrNO5. The van der Waals surface area contributed by atoms with E-state index in [9.17, 15) is 19.7 Å². The Balaban J connectivity index is 2.54. The highest BCUT2D eigenvalue weighted by atomic mass is 79.9. The van der Waals surface area contributed by atoms with Gasteiger partial charge in [0, 0.05) is 15.6 Å². The highest BCUT2D eigenvalue weighted by Crippen LogP contribution is 2.27. The number of aliphatic carboxylic acids is 1. The fraction of sp³-hybridized carbons (Fsp3) is 0.0667. The number of carbonyl (C=O) groups excluding carboxylic acids is 1. The number of halogens is 1. The zero-order chi connectivity index (χ0) is 16.3. The molecule has 0 heterocycles. The van der Waals surface area contributed by atoms with Gasteiger partial charge in [-0.1, -0.05) is 28.1 Å². The molecule has 0 spiro atoms. The monoisotopic (exact) mass is 363 g/mol. The highest BCUT2D eigenvalue weighted by molar-refractivity contribution is 9.10. The molecule has 112 valence electrons. The van der Waals surface area contributed by atoms with Crippen LogP contribution in [0.4, 0.5) is 5.69 Å². The molecule has 0 radical (unpaired) electrons. The molecule has 6 nitrogen and oxygen atoms in total. The average Bonchev–Trinajstić information content (AvgIpc) is 2.46. The molecule has 0 atom stereocenters. The van der Waals surface area contributed by atoms with E-state index < -0.39 is 28.8 Å². The first-order valence-electron chi connectivity index (χ1n) is 6.18. The maximum atomic E-state index is 12.5. The van der Waals surface area contributed by atoms with Crippen molar-refractivity contribution in [2.24, 2.45) is 0 Å². The fourth-order valence-corrected chi connectivity index (χ4v) is 2.32. The Kier molecular flexibility index (Phi) is 4.67. The summed E-state index contributed by atoms with van der Waals surface area (Å²) in [5.74, 6) is -1.72. The average molecular weight is 364 g/mol. The van der Waals surface area contributed by atoms with Crippen LogP contribution in [0.15, 0.2) is 46.9 Å². The van der Waals surface area contributed by atoms with Gasteiger partial charge in [-0.15, -0.1) is 0 Å². The molecule has 2 rings (SSSR count). The van der Waals surface area contributed by atoms with Gasteiger partial charge in [0.2, 0.25) is 0 Å². The van der Waals surface area contributed by atoms with Crippen LogP contribution in [0.25, 0.3) is 0 Å². The van der Waals surface area contributed by atoms with Gasteiger partial charge < -0.3 is 5.11 Å². The topological polar surface area (TPSA) is 97.5 Å². The Bertz CT molecular complexity index is 755. The van der Waals surface area contributed by atoms with E-state index in [1.807, 2.05) is 0 Å². The number of nitro benzene ring substituents is 1. The van der Waals surface area contributed by atoms with Gasteiger partial charge in [0.25, 0.3) is 5.69 Å². The first-order chi connectivity index (χ1) is 10.4. The molecule has 0 bridgehead atoms. The van der Waals surface area contributed by atoms with E-state index in [0.717, 1.165) is 4.47 Å². The second kappa shape index (κ2) is 6.48. The third-order valence-electron chi connectivity index (χ3n) is 2.99. The smallest absolute Gasteiger partial charge is 0.308 e. The molecule has 7 heteroatoms. The summed E-state index contributed by atoms with van der Waals surface area (Å²) in [4.78, 5) is 33.8. The molecule has 22 heavy (non-hydrogen) atoms. The Labute approximate surface area is 133 Å². The Morgan fingerprint density at radius 2 is 1.77 bits per heavy atom. The number of nitro groups is 1. The van der Waals surface area contributed by atoms with Crippen molar-refractivity contribution in [1.29, 1.82) is 0 Å². The van der Waals surface area contributed by atoms with E-state index >= 15 is 0 Å². The molecule has 1 N–H and O–H groups in total. The van der Waals surface area contributed by atoms with Crippen molar-refractivity contribution >= 4 is 33.4 Å². The van der Waals surface area contributed by atoms with Gasteiger partial charge in [0.1, 0.15) is 5.56 Å². The first kappa shape index (κ1) is 15.8. The molecule has 0 unspecified atom stereocenters. The molecule has 0 fully saturated rings. The quantitative estimate of drug-likeness (QED) is 0.499. The van der Waals surface area contributed by atoms with Gasteiger partial charge in [0.05, 0.1) is 11.3 Å². The third-order valence-corrected chi connectivity index (χ3v) is 3.52. The molecule has 2 aromatic rings. The van der Waals surface area contributed by atoms with E-state index in [1.54, 1.807) is 24.3 Å². The second-order valence-corrected chi connectivity index (χ2v) is 5.39. The number of carboxylic acid groups (broad SMARTS) is 1. The third kappa shape index (κ3) is 3.37. The van der Waals surface area contributed by atoms with Crippen molar-refractivity contribution in [1.82, 2.24) is 0 Å². The Morgan fingerprint density at radius 1 is 1.14 bits per heavy atom. The van der Waals surface area contributed by atoms with Crippen LogP contribution >= 0.6 is 15.9 Å². The minimum absolute atomic E-state index is 0.000427. The summed E-state index contributed by atoms with van der Waals surface area (Å²) in [5, 5.41) is 20.1. The predicted molar refractivity (Wildman–Crippen MR) is 82.0 cm³/mol. The van der Waals surface area contributed by atoms with Crippen molar-refractivity contribution in [3.8, 4) is 0 Å². The van der Waals surface area contributed by atoms with Gasteiger partial charge >= 0.3 is 5.97 Å². The van der Waals surface area contributed by atoms with Crippen molar-refractivity contribution in [3.05, 3.63) is 73.7 Å². The first-order valence-corrected chi connectivity index (χ1v) is 6.98. The Morgan fingerprint density at radius 3 is 2.32 bits per heavy atom. The lowest BCUT2D eigenvalue weighted by Gasteiger charge is -2.06. The van der Waals surface area contributed by atoms with E-state index in [1.165, 1.54) is 18.2 Å². The van der Waals surface area contributed by atoms with Crippen molar-refractivity contribution in [2.75, 3.05) is 0 Å². The number of hydrogen-bond acceptors (Lipinski definition) is 4. The lowest BCUT2D eigenvalue weighted by Crippen LogP contribution is -2.10. The summed E-state index contributed by atoms with van der Waals surface area (Å²) in [6.07, 6.45) is -0.516. The molecule has 0 aliphatic rings. The summed E-state index contributed by atoms with van der Waals surface area (Å²) in [5.41, 5.74) is -0.289. The number of nitrogens with zero attached hydrogens (tertiary/aromatic N) is 1. The van der Waals surface area contributed by atoms with E-state index in [-0.39, 0.29) is 11.1 Å². The van der Waals surface area contributed by atoms with Crippen LogP contribution in [0.3, 0.4) is 0 Å². The van der Waals surface area contributed by atoms with Crippen LogP contribution in [0.5, 0.6) is 0 Å². The van der Waals surface area contributed by atoms with Crippen molar-refractivity contribution in [2.45, 2.75) is 6.42 Å². The lowest BCUT2D eigenvalue weighted by atomic mass is 9.97. The van der Waals surface area contributed by atoms with Gasteiger partial charge in [-0.25, -0.2) is 0 Å². The van der Waals surface area contributed by atoms with Gasteiger partial charge in [-0.2, -0.15) is 0 Å². The zero-order valence-electron chi connectivity index (χ0n) is 11.2. The Hall–Kier alpha value is -2.54. The number of para-hydroxylation sites is 1. The summed E-state index contributed by atoms with van der Waals surface area (Å²) >= 11 is 3.24. The minimum atomic E-state index is -1.20. The molecule has 0 aliphatic heterocycles. The summed E-state index contributed by atoms with van der Waals surface area (Å²) in [7, 11) is 0. The van der Waals surface area contributed by atoms with E-state index in [0.29, 0.717) is 5.56 Å². The zero-order valence-corrected chi connectivity index (χ0v) is 12.7.